The van der Waals surface area contributed by atoms with Crippen molar-refractivity contribution < 1.29 is 18.6 Å². The average molecular weight is 669 g/mol. The third-order valence-corrected chi connectivity index (χ3v) is 14.5. The summed E-state index contributed by atoms with van der Waals surface area (Å²) in [7, 11) is -2.79. The first kappa shape index (κ1) is 37.8. The first-order valence-electron chi connectivity index (χ1n) is 18.4. The summed E-state index contributed by atoms with van der Waals surface area (Å²) in [5.74, 6) is 0.290. The van der Waals surface area contributed by atoms with Crippen molar-refractivity contribution in [2.45, 2.75) is 115 Å². The van der Waals surface area contributed by atoms with E-state index in [9.17, 15) is 0 Å². The zero-order valence-electron chi connectivity index (χ0n) is 30.1. The van der Waals surface area contributed by atoms with Gasteiger partial charge in [-0.25, -0.2) is 0 Å². The molecule has 1 saturated heterocycles. The highest BCUT2D eigenvalue weighted by atomic mass is 28.4. The largest absolute Gasteiger partial charge is 0.491 e. The van der Waals surface area contributed by atoms with Crippen molar-refractivity contribution in [1.82, 2.24) is 0 Å². The Labute approximate surface area is 292 Å². The molecule has 0 radical (unpaired) electrons. The number of unbranched alkanes of at least 4 members (excludes halogenated alkanes) is 6. The maximum absolute atomic E-state index is 7.61. The number of ether oxygens (including phenoxy) is 3. The van der Waals surface area contributed by atoms with Gasteiger partial charge in [0.1, 0.15) is 12.4 Å². The maximum atomic E-state index is 7.61. The first-order chi connectivity index (χ1) is 23.4. The fraction of sp³-hybridized carbons (Fsp3) is 0.488. The van der Waals surface area contributed by atoms with Crippen LogP contribution in [-0.4, -0.2) is 40.0 Å². The van der Waals surface area contributed by atoms with E-state index < -0.39 is 14.1 Å². The van der Waals surface area contributed by atoms with Crippen LogP contribution in [0.15, 0.2) is 115 Å². The van der Waals surface area contributed by atoms with Crippen molar-refractivity contribution >= 4 is 18.7 Å². The first-order valence-corrected chi connectivity index (χ1v) is 20.4. The van der Waals surface area contributed by atoms with Gasteiger partial charge in [0.15, 0.2) is 5.79 Å². The van der Waals surface area contributed by atoms with Crippen molar-refractivity contribution in [2.75, 3.05) is 19.8 Å². The van der Waals surface area contributed by atoms with Crippen LogP contribution in [-0.2, 0) is 13.9 Å². The molecule has 1 aliphatic rings. The molecule has 1 fully saturated rings. The average Bonchev–Trinajstić information content (AvgIpc) is 3.58. The zero-order chi connectivity index (χ0) is 34.0. The molecular weight excluding hydrogens is 609 g/mol. The summed E-state index contributed by atoms with van der Waals surface area (Å²) in [4.78, 5) is 0. The maximum Gasteiger partial charge on any atom is 0.261 e. The molecule has 48 heavy (non-hydrogen) atoms. The molecule has 4 nitrogen and oxygen atoms in total. The fourth-order valence-electron chi connectivity index (χ4n) is 6.81. The lowest BCUT2D eigenvalue weighted by Gasteiger charge is -2.45. The molecule has 0 amide bonds. The Bertz CT molecular complexity index is 1290. The standard InChI is InChI=1S/C43H60O4Si/c1-5-6-7-8-9-10-11-12-13-14-15-25-33-43(45-35-36-46-43)34-32-39(37-44-38-26-19-16-20-27-38)47-48(42(2,3)4,40-28-21-17-22-29-40)41-30-23-18-24-31-41/h10-13,16-24,26-31,39H,5-9,14-15,25,32-37H2,1-4H3/b11-10+,13-12+. The van der Waals surface area contributed by atoms with Crippen molar-refractivity contribution in [3.63, 3.8) is 0 Å². The topological polar surface area (TPSA) is 36.9 Å². The van der Waals surface area contributed by atoms with Crippen molar-refractivity contribution in [3.05, 3.63) is 115 Å². The van der Waals surface area contributed by atoms with Crippen LogP contribution in [0, 0.1) is 0 Å². The van der Waals surface area contributed by atoms with Gasteiger partial charge in [0.05, 0.1) is 19.3 Å². The monoisotopic (exact) mass is 668 g/mol. The van der Waals surface area contributed by atoms with Gasteiger partial charge in [0.2, 0.25) is 0 Å². The third-order valence-electron chi connectivity index (χ3n) is 9.39. The van der Waals surface area contributed by atoms with Crippen LogP contribution in [0.2, 0.25) is 5.04 Å². The molecule has 0 N–H and O–H groups in total. The Morgan fingerprint density at radius 3 is 1.79 bits per heavy atom. The Kier molecular flexibility index (Phi) is 15.7. The molecule has 4 rings (SSSR count). The Hall–Kier alpha value is -2.96. The summed E-state index contributed by atoms with van der Waals surface area (Å²) < 4.78 is 26.8. The van der Waals surface area contributed by atoms with Crippen LogP contribution in [0.25, 0.3) is 0 Å². The highest BCUT2D eigenvalue weighted by Crippen LogP contribution is 2.39. The number of benzene rings is 3. The molecule has 0 aliphatic carbocycles. The summed E-state index contributed by atoms with van der Waals surface area (Å²) >= 11 is 0. The summed E-state index contributed by atoms with van der Waals surface area (Å²) in [5, 5.41) is 2.42. The Balaban J connectivity index is 1.46. The van der Waals surface area contributed by atoms with Gasteiger partial charge in [-0.15, -0.1) is 0 Å². The Morgan fingerprint density at radius 2 is 1.25 bits per heavy atom. The molecule has 0 bridgehead atoms. The minimum Gasteiger partial charge on any atom is -0.491 e. The SMILES string of the molecule is CCCCCC/C=C/C=C/CCCCC1(CCC(COc2ccccc2)O[Si](c2ccccc2)(c2ccccc2)C(C)(C)C)OCCO1. The van der Waals surface area contributed by atoms with Gasteiger partial charge in [-0.2, -0.15) is 0 Å². The molecule has 1 atom stereocenters. The Morgan fingerprint density at radius 1 is 0.708 bits per heavy atom. The number of hydrogen-bond acceptors (Lipinski definition) is 4. The normalized spacial score (nSPS) is 15.8. The van der Waals surface area contributed by atoms with Crippen LogP contribution in [0.3, 0.4) is 0 Å². The predicted octanol–water partition coefficient (Wildman–Crippen LogP) is 10.2. The lowest BCUT2D eigenvalue weighted by atomic mass is 10.0. The third kappa shape index (κ3) is 11.3. The quantitative estimate of drug-likeness (QED) is 0.0643. The van der Waals surface area contributed by atoms with E-state index in [-0.39, 0.29) is 11.1 Å². The molecule has 5 heteroatoms. The summed E-state index contributed by atoms with van der Waals surface area (Å²) in [5.41, 5.74) is 0. The van der Waals surface area contributed by atoms with Gasteiger partial charge >= 0.3 is 0 Å². The zero-order valence-corrected chi connectivity index (χ0v) is 31.1. The minimum absolute atomic E-state index is 0.128. The fourth-order valence-corrected chi connectivity index (χ4v) is 11.5. The molecule has 260 valence electrons. The molecule has 0 saturated carbocycles. The van der Waals surface area contributed by atoms with Gasteiger partial charge in [-0.1, -0.05) is 150 Å². The van der Waals surface area contributed by atoms with Gasteiger partial charge in [-0.3, -0.25) is 0 Å². The van der Waals surface area contributed by atoms with E-state index in [1.165, 1.54) is 42.5 Å². The molecule has 1 aliphatic heterocycles. The molecule has 1 heterocycles. The lowest BCUT2D eigenvalue weighted by Crippen LogP contribution is -2.68. The van der Waals surface area contributed by atoms with Crippen LogP contribution in [0.4, 0.5) is 0 Å². The number of allylic oxidation sites excluding steroid dienone is 4. The molecule has 3 aromatic rings. The van der Waals surface area contributed by atoms with E-state index in [1.807, 2.05) is 30.3 Å². The molecule has 0 aromatic heterocycles. The lowest BCUT2D eigenvalue weighted by molar-refractivity contribution is -0.171. The predicted molar refractivity (Wildman–Crippen MR) is 204 cm³/mol. The molecule has 0 spiro atoms. The second kappa shape index (κ2) is 19.9. The van der Waals surface area contributed by atoms with Gasteiger partial charge < -0.3 is 18.6 Å². The summed E-state index contributed by atoms with van der Waals surface area (Å²) in [6.45, 7) is 11.0. The van der Waals surface area contributed by atoms with Gasteiger partial charge in [0.25, 0.3) is 8.32 Å². The minimum atomic E-state index is -2.79. The number of rotatable bonds is 21. The molecule has 3 aromatic carbocycles. The number of hydrogen-bond donors (Lipinski definition) is 0. The second-order valence-corrected chi connectivity index (χ2v) is 18.4. The molecular formula is C43H60O4Si. The van der Waals surface area contributed by atoms with Gasteiger partial charge in [0, 0.05) is 12.8 Å². The summed E-state index contributed by atoms with van der Waals surface area (Å²) in [6, 6.07) is 31.8. The van der Waals surface area contributed by atoms with E-state index in [1.54, 1.807) is 0 Å². The van der Waals surface area contributed by atoms with Crippen LogP contribution in [0.1, 0.15) is 98.3 Å². The highest BCUT2D eigenvalue weighted by molar-refractivity contribution is 6.99. The summed E-state index contributed by atoms with van der Waals surface area (Å²) in [6.07, 6.45) is 21.0. The van der Waals surface area contributed by atoms with E-state index in [0.717, 1.165) is 44.3 Å². The smallest absolute Gasteiger partial charge is 0.261 e. The van der Waals surface area contributed by atoms with Crippen LogP contribution < -0.4 is 15.1 Å². The van der Waals surface area contributed by atoms with E-state index >= 15 is 0 Å². The van der Waals surface area contributed by atoms with Crippen LogP contribution in [0.5, 0.6) is 5.75 Å². The number of para-hydroxylation sites is 1. The van der Waals surface area contributed by atoms with E-state index in [2.05, 4.69) is 113 Å². The molecule has 1 unspecified atom stereocenters. The van der Waals surface area contributed by atoms with E-state index in [0.29, 0.717) is 19.8 Å². The second-order valence-electron chi connectivity index (χ2n) is 14.1. The van der Waals surface area contributed by atoms with Crippen LogP contribution >= 0.6 is 0 Å². The van der Waals surface area contributed by atoms with Crippen molar-refractivity contribution in [2.24, 2.45) is 0 Å². The highest BCUT2D eigenvalue weighted by Gasteiger charge is 2.51. The van der Waals surface area contributed by atoms with Gasteiger partial charge in [-0.05, 0) is 66.1 Å². The van der Waals surface area contributed by atoms with Crippen molar-refractivity contribution in [1.29, 1.82) is 0 Å². The van der Waals surface area contributed by atoms with Crippen molar-refractivity contribution in [3.8, 4) is 5.75 Å². The van der Waals surface area contributed by atoms with E-state index in [4.69, 9.17) is 18.6 Å².